The Morgan fingerprint density at radius 2 is 2.04 bits per heavy atom. The first-order chi connectivity index (χ1) is 10.8. The van der Waals surface area contributed by atoms with Crippen LogP contribution in [-0.4, -0.2) is 32.3 Å². The fourth-order valence-electron chi connectivity index (χ4n) is 1.96. The molecule has 0 aliphatic carbocycles. The molecule has 2 rings (SSSR count). The van der Waals surface area contributed by atoms with Crippen molar-refractivity contribution < 1.29 is 17.6 Å². The predicted octanol–water partition coefficient (Wildman–Crippen LogP) is 2.03. The van der Waals surface area contributed by atoms with Gasteiger partial charge >= 0.3 is 0 Å². The van der Waals surface area contributed by atoms with Gasteiger partial charge in [-0.1, -0.05) is 19.9 Å². The van der Waals surface area contributed by atoms with Crippen molar-refractivity contribution in [3.63, 3.8) is 0 Å². The van der Waals surface area contributed by atoms with Gasteiger partial charge < -0.3 is 9.15 Å². The zero-order valence-corrected chi connectivity index (χ0v) is 14.5. The summed E-state index contributed by atoms with van der Waals surface area (Å²) in [6, 6.07) is 5.01. The van der Waals surface area contributed by atoms with Gasteiger partial charge in [-0.3, -0.25) is 0 Å². The average molecular weight is 339 g/mol. The van der Waals surface area contributed by atoms with E-state index in [1.807, 2.05) is 20.8 Å². The fraction of sp³-hybridized carbons (Fsp3) is 0.467. The Bertz CT molecular complexity index is 769. The smallest absolute Gasteiger partial charge is 0.244 e. The van der Waals surface area contributed by atoms with Crippen molar-refractivity contribution in [2.45, 2.75) is 38.0 Å². The van der Waals surface area contributed by atoms with Crippen LogP contribution in [0.5, 0.6) is 5.75 Å². The number of nitrogens with one attached hydrogen (secondary N) is 1. The van der Waals surface area contributed by atoms with E-state index in [1.54, 1.807) is 18.2 Å². The van der Waals surface area contributed by atoms with Gasteiger partial charge in [0.25, 0.3) is 0 Å². The van der Waals surface area contributed by atoms with Crippen LogP contribution < -0.4 is 9.46 Å². The lowest BCUT2D eigenvalue weighted by Crippen LogP contribution is -2.26. The highest BCUT2D eigenvalue weighted by Gasteiger charge is 2.19. The van der Waals surface area contributed by atoms with Crippen LogP contribution in [0.4, 0.5) is 0 Å². The number of ether oxygens (including phenoxy) is 1. The molecule has 1 N–H and O–H groups in total. The van der Waals surface area contributed by atoms with Gasteiger partial charge in [0, 0.05) is 18.9 Å². The van der Waals surface area contributed by atoms with Crippen molar-refractivity contribution in [2.24, 2.45) is 0 Å². The summed E-state index contributed by atoms with van der Waals surface area (Å²) in [6.07, 6.45) is 0.326. The molecule has 0 aliphatic heterocycles. The van der Waals surface area contributed by atoms with Crippen LogP contribution in [-0.2, 0) is 16.4 Å². The van der Waals surface area contributed by atoms with E-state index in [0.717, 1.165) is 5.56 Å². The maximum atomic E-state index is 12.4. The van der Waals surface area contributed by atoms with Crippen LogP contribution in [0.1, 0.15) is 37.1 Å². The average Bonchev–Trinajstić information content (AvgIpc) is 2.96. The van der Waals surface area contributed by atoms with Crippen LogP contribution in [0.15, 0.2) is 27.5 Å². The molecule has 2 aromatic rings. The number of aromatic nitrogens is 2. The molecular formula is C15H21N3O4S. The third-order valence-electron chi connectivity index (χ3n) is 3.22. The molecule has 0 atom stereocenters. The zero-order chi connectivity index (χ0) is 17.0. The van der Waals surface area contributed by atoms with Crippen molar-refractivity contribution in [3.8, 4) is 5.75 Å². The SMILES string of the molecule is COc1ccc(C)cc1S(=O)(=O)NCCc1nnc(C(C)C)o1. The Morgan fingerprint density at radius 3 is 2.65 bits per heavy atom. The lowest BCUT2D eigenvalue weighted by atomic mass is 10.2. The summed E-state index contributed by atoms with van der Waals surface area (Å²) >= 11 is 0. The number of hydrogen-bond acceptors (Lipinski definition) is 6. The Kier molecular flexibility index (Phi) is 5.38. The maximum absolute atomic E-state index is 12.4. The number of aryl methyl sites for hydroxylation is 1. The van der Waals surface area contributed by atoms with Gasteiger partial charge in [-0.05, 0) is 24.6 Å². The molecule has 0 fully saturated rings. The summed E-state index contributed by atoms with van der Waals surface area (Å²) in [6.45, 7) is 5.89. The highest BCUT2D eigenvalue weighted by atomic mass is 32.2. The molecule has 0 radical (unpaired) electrons. The molecule has 0 amide bonds. The Hall–Kier alpha value is -1.93. The lowest BCUT2D eigenvalue weighted by molar-refractivity contribution is 0.402. The van der Waals surface area contributed by atoms with Crippen molar-refractivity contribution in [1.82, 2.24) is 14.9 Å². The topological polar surface area (TPSA) is 94.3 Å². The molecule has 126 valence electrons. The molecule has 0 bridgehead atoms. The highest BCUT2D eigenvalue weighted by Crippen LogP contribution is 2.24. The molecular weight excluding hydrogens is 318 g/mol. The van der Waals surface area contributed by atoms with Crippen LogP contribution in [0.25, 0.3) is 0 Å². The standard InChI is InChI=1S/C15H21N3O4S/c1-10(2)15-18-17-14(22-15)7-8-16-23(19,20)13-9-11(3)5-6-12(13)21-4/h5-6,9-10,16H,7-8H2,1-4H3. The minimum atomic E-state index is -3.67. The first-order valence-corrected chi connectivity index (χ1v) is 8.78. The van der Waals surface area contributed by atoms with Crippen LogP contribution in [0.2, 0.25) is 0 Å². The first-order valence-electron chi connectivity index (χ1n) is 7.30. The largest absolute Gasteiger partial charge is 0.495 e. The van der Waals surface area contributed by atoms with E-state index < -0.39 is 10.0 Å². The predicted molar refractivity (Wildman–Crippen MR) is 85.0 cm³/mol. The molecule has 1 aromatic carbocycles. The van der Waals surface area contributed by atoms with Gasteiger partial charge in [0.2, 0.25) is 21.8 Å². The third kappa shape index (κ3) is 4.29. The van der Waals surface area contributed by atoms with Crippen molar-refractivity contribution in [1.29, 1.82) is 0 Å². The highest BCUT2D eigenvalue weighted by molar-refractivity contribution is 7.89. The Balaban J connectivity index is 2.05. The quantitative estimate of drug-likeness (QED) is 0.829. The second kappa shape index (κ2) is 7.10. The number of nitrogens with zero attached hydrogens (tertiary/aromatic N) is 2. The van der Waals surface area contributed by atoms with E-state index in [2.05, 4.69) is 14.9 Å². The Labute approximate surface area is 136 Å². The summed E-state index contributed by atoms with van der Waals surface area (Å²) in [5.41, 5.74) is 0.838. The van der Waals surface area contributed by atoms with Gasteiger partial charge in [-0.25, -0.2) is 13.1 Å². The van der Waals surface area contributed by atoms with Gasteiger partial charge in [0.1, 0.15) is 10.6 Å². The van der Waals surface area contributed by atoms with Crippen LogP contribution in [0, 0.1) is 6.92 Å². The molecule has 8 heteroatoms. The molecule has 7 nitrogen and oxygen atoms in total. The summed E-state index contributed by atoms with van der Waals surface area (Å²) in [5.74, 6) is 1.41. The van der Waals surface area contributed by atoms with E-state index in [0.29, 0.717) is 24.0 Å². The molecule has 0 saturated carbocycles. The molecule has 0 unspecified atom stereocenters. The van der Waals surface area contributed by atoms with Crippen LogP contribution in [0.3, 0.4) is 0 Å². The number of sulfonamides is 1. The summed E-state index contributed by atoms with van der Waals surface area (Å²) in [5, 5.41) is 7.82. The Morgan fingerprint density at radius 1 is 1.30 bits per heavy atom. The van der Waals surface area contributed by atoms with Crippen LogP contribution >= 0.6 is 0 Å². The van der Waals surface area contributed by atoms with Crippen molar-refractivity contribution in [2.75, 3.05) is 13.7 Å². The van der Waals surface area contributed by atoms with E-state index in [1.165, 1.54) is 7.11 Å². The summed E-state index contributed by atoms with van der Waals surface area (Å²) in [7, 11) is -2.23. The van der Waals surface area contributed by atoms with E-state index in [9.17, 15) is 8.42 Å². The summed E-state index contributed by atoms with van der Waals surface area (Å²) in [4.78, 5) is 0.119. The van der Waals surface area contributed by atoms with Crippen molar-refractivity contribution >= 4 is 10.0 Å². The maximum Gasteiger partial charge on any atom is 0.244 e. The second-order valence-corrected chi connectivity index (χ2v) is 7.23. The second-order valence-electron chi connectivity index (χ2n) is 5.49. The lowest BCUT2D eigenvalue weighted by Gasteiger charge is -2.11. The zero-order valence-electron chi connectivity index (χ0n) is 13.7. The molecule has 0 spiro atoms. The number of methoxy groups -OCH3 is 1. The summed E-state index contributed by atoms with van der Waals surface area (Å²) < 4.78 is 37.9. The molecule has 0 aliphatic rings. The van der Waals surface area contributed by atoms with E-state index in [4.69, 9.17) is 9.15 Å². The van der Waals surface area contributed by atoms with E-state index >= 15 is 0 Å². The molecule has 23 heavy (non-hydrogen) atoms. The van der Waals surface area contributed by atoms with E-state index in [-0.39, 0.29) is 17.4 Å². The van der Waals surface area contributed by atoms with Gasteiger partial charge in [-0.2, -0.15) is 0 Å². The van der Waals surface area contributed by atoms with Gasteiger partial charge in [0.15, 0.2) is 0 Å². The van der Waals surface area contributed by atoms with Gasteiger partial charge in [0.05, 0.1) is 7.11 Å². The number of hydrogen-bond donors (Lipinski definition) is 1. The van der Waals surface area contributed by atoms with Gasteiger partial charge in [-0.15, -0.1) is 10.2 Å². The fourth-order valence-corrected chi connectivity index (χ4v) is 3.25. The molecule has 1 heterocycles. The van der Waals surface area contributed by atoms with Crippen molar-refractivity contribution in [3.05, 3.63) is 35.5 Å². The monoisotopic (exact) mass is 339 g/mol. The minimum absolute atomic E-state index is 0.119. The number of benzene rings is 1. The first kappa shape index (κ1) is 17.4. The number of rotatable bonds is 7. The molecule has 1 aromatic heterocycles. The normalized spacial score (nSPS) is 11.9. The molecule has 0 saturated heterocycles. The minimum Gasteiger partial charge on any atom is -0.495 e. The third-order valence-corrected chi connectivity index (χ3v) is 4.70.